The number of esters is 2. The van der Waals surface area contributed by atoms with Crippen molar-refractivity contribution in [2.24, 2.45) is 11.3 Å². The van der Waals surface area contributed by atoms with Crippen LogP contribution >= 0.6 is 0 Å². The summed E-state index contributed by atoms with van der Waals surface area (Å²) in [7, 11) is 2.62. The van der Waals surface area contributed by atoms with E-state index in [-0.39, 0.29) is 5.92 Å². The van der Waals surface area contributed by atoms with Gasteiger partial charge in [-0.3, -0.25) is 9.59 Å². The minimum Gasteiger partial charge on any atom is -0.468 e. The third kappa shape index (κ3) is 2.23. The SMILES string of the molecule is COC(=O)C1(C(=O)OC)CCC=C2C=CC=C[C@@H]1C2. The number of carbonyl (C=O) groups excluding carboxylic acids is 2. The lowest BCUT2D eigenvalue weighted by molar-refractivity contribution is -0.173. The van der Waals surface area contributed by atoms with Crippen molar-refractivity contribution in [3.63, 3.8) is 0 Å². The molecule has 2 bridgehead atoms. The van der Waals surface area contributed by atoms with Gasteiger partial charge in [0, 0.05) is 5.92 Å². The number of hydrogen-bond acceptors (Lipinski definition) is 4. The number of rotatable bonds is 2. The molecule has 4 heteroatoms. The third-order valence-electron chi connectivity index (χ3n) is 3.90. The van der Waals surface area contributed by atoms with Crippen molar-refractivity contribution >= 4 is 11.9 Å². The molecule has 0 spiro atoms. The Bertz CT molecular complexity index is 455. The average molecular weight is 262 g/mol. The van der Waals surface area contributed by atoms with Crippen molar-refractivity contribution in [1.29, 1.82) is 0 Å². The maximum Gasteiger partial charge on any atom is 0.323 e. The van der Waals surface area contributed by atoms with Gasteiger partial charge < -0.3 is 9.47 Å². The zero-order valence-corrected chi connectivity index (χ0v) is 11.2. The van der Waals surface area contributed by atoms with Crippen molar-refractivity contribution in [1.82, 2.24) is 0 Å². The van der Waals surface area contributed by atoms with Gasteiger partial charge in [-0.25, -0.2) is 0 Å². The Morgan fingerprint density at radius 2 is 1.89 bits per heavy atom. The van der Waals surface area contributed by atoms with E-state index in [0.717, 1.165) is 5.57 Å². The van der Waals surface area contributed by atoms with Crippen LogP contribution in [0.2, 0.25) is 0 Å². The van der Waals surface area contributed by atoms with Crippen LogP contribution in [-0.4, -0.2) is 26.2 Å². The number of carbonyl (C=O) groups is 2. The molecule has 0 unspecified atom stereocenters. The molecule has 2 aliphatic rings. The van der Waals surface area contributed by atoms with Crippen molar-refractivity contribution in [3.05, 3.63) is 36.0 Å². The van der Waals surface area contributed by atoms with E-state index >= 15 is 0 Å². The van der Waals surface area contributed by atoms with Crippen molar-refractivity contribution in [2.45, 2.75) is 19.3 Å². The Morgan fingerprint density at radius 3 is 2.53 bits per heavy atom. The molecule has 0 aliphatic heterocycles. The standard InChI is InChI=1S/C15H18O4/c1-18-13(16)15(14(17)19-2)9-5-7-11-6-3-4-8-12(15)10-11/h3-4,6-8,12H,5,9-10H2,1-2H3/t12-/m1/s1. The first-order valence-corrected chi connectivity index (χ1v) is 6.36. The first kappa shape index (κ1) is 13.6. The summed E-state index contributed by atoms with van der Waals surface area (Å²) in [5, 5.41) is 0. The van der Waals surface area contributed by atoms with Crippen LogP contribution < -0.4 is 0 Å². The maximum absolute atomic E-state index is 12.3. The van der Waals surface area contributed by atoms with Crippen LogP contribution in [-0.2, 0) is 19.1 Å². The van der Waals surface area contributed by atoms with Crippen LogP contribution in [0.4, 0.5) is 0 Å². The van der Waals surface area contributed by atoms with Gasteiger partial charge in [-0.2, -0.15) is 0 Å². The van der Waals surface area contributed by atoms with Crippen LogP contribution in [0, 0.1) is 11.3 Å². The molecule has 102 valence electrons. The van der Waals surface area contributed by atoms with Crippen molar-refractivity contribution in [3.8, 4) is 0 Å². The highest BCUT2D eigenvalue weighted by atomic mass is 16.5. The van der Waals surface area contributed by atoms with E-state index < -0.39 is 17.4 Å². The molecule has 2 aliphatic carbocycles. The number of ether oxygens (including phenoxy) is 2. The molecule has 0 N–H and O–H groups in total. The second-order valence-corrected chi connectivity index (χ2v) is 4.83. The summed E-state index contributed by atoms with van der Waals surface area (Å²) in [6, 6.07) is 0. The Morgan fingerprint density at radius 1 is 1.21 bits per heavy atom. The van der Waals surface area contributed by atoms with Crippen LogP contribution in [0.15, 0.2) is 36.0 Å². The quantitative estimate of drug-likeness (QED) is 0.565. The Kier molecular flexibility index (Phi) is 3.88. The molecular formula is C15H18O4. The molecule has 0 radical (unpaired) electrons. The van der Waals surface area contributed by atoms with E-state index in [4.69, 9.17) is 9.47 Å². The zero-order chi connectivity index (χ0) is 13.9. The van der Waals surface area contributed by atoms with E-state index in [1.54, 1.807) is 0 Å². The molecule has 0 heterocycles. The van der Waals surface area contributed by atoms with Gasteiger partial charge in [-0.1, -0.05) is 36.0 Å². The Hall–Kier alpha value is -1.84. The van der Waals surface area contributed by atoms with E-state index in [9.17, 15) is 9.59 Å². The van der Waals surface area contributed by atoms with Crippen LogP contribution in [0.3, 0.4) is 0 Å². The fourth-order valence-corrected chi connectivity index (χ4v) is 2.88. The zero-order valence-electron chi connectivity index (χ0n) is 11.2. The lowest BCUT2D eigenvalue weighted by Gasteiger charge is -2.32. The van der Waals surface area contributed by atoms with Gasteiger partial charge >= 0.3 is 11.9 Å². The van der Waals surface area contributed by atoms with E-state index in [0.29, 0.717) is 19.3 Å². The first-order valence-electron chi connectivity index (χ1n) is 6.36. The first-order chi connectivity index (χ1) is 9.15. The molecule has 0 aromatic carbocycles. The predicted molar refractivity (Wildman–Crippen MR) is 70.2 cm³/mol. The molecule has 19 heavy (non-hydrogen) atoms. The largest absolute Gasteiger partial charge is 0.468 e. The Balaban J connectivity index is 2.48. The molecule has 0 amide bonds. The van der Waals surface area contributed by atoms with Gasteiger partial charge in [-0.05, 0) is 19.3 Å². The fourth-order valence-electron chi connectivity index (χ4n) is 2.88. The minimum absolute atomic E-state index is 0.226. The van der Waals surface area contributed by atoms with Gasteiger partial charge in [0.2, 0.25) is 0 Å². The highest BCUT2D eigenvalue weighted by Crippen LogP contribution is 2.43. The fraction of sp³-hybridized carbons (Fsp3) is 0.467. The molecule has 0 fully saturated rings. The van der Waals surface area contributed by atoms with E-state index in [1.807, 2.05) is 24.3 Å². The summed E-state index contributed by atoms with van der Waals surface area (Å²) >= 11 is 0. The van der Waals surface area contributed by atoms with Crippen molar-refractivity contribution < 1.29 is 19.1 Å². The number of methoxy groups -OCH3 is 2. The lowest BCUT2D eigenvalue weighted by atomic mass is 9.71. The normalized spacial score (nSPS) is 23.9. The molecule has 2 rings (SSSR count). The van der Waals surface area contributed by atoms with Gasteiger partial charge in [-0.15, -0.1) is 0 Å². The molecular weight excluding hydrogens is 244 g/mol. The average Bonchev–Trinajstić information content (AvgIpc) is 2.78. The van der Waals surface area contributed by atoms with E-state index in [2.05, 4.69) is 6.08 Å². The monoisotopic (exact) mass is 262 g/mol. The smallest absolute Gasteiger partial charge is 0.323 e. The molecule has 4 nitrogen and oxygen atoms in total. The predicted octanol–water partition coefficient (Wildman–Crippen LogP) is 2.17. The van der Waals surface area contributed by atoms with Crippen LogP contribution in [0.25, 0.3) is 0 Å². The summed E-state index contributed by atoms with van der Waals surface area (Å²) in [5.74, 6) is -1.24. The highest BCUT2D eigenvalue weighted by Gasteiger charge is 2.53. The summed E-state index contributed by atoms with van der Waals surface area (Å²) in [5.41, 5.74) is -0.0887. The summed E-state index contributed by atoms with van der Waals surface area (Å²) in [4.78, 5) is 24.5. The van der Waals surface area contributed by atoms with Gasteiger partial charge in [0.1, 0.15) is 0 Å². The minimum atomic E-state index is -1.23. The summed E-state index contributed by atoms with van der Waals surface area (Å²) in [6.07, 6.45) is 11.5. The van der Waals surface area contributed by atoms with Gasteiger partial charge in [0.15, 0.2) is 5.41 Å². The Labute approximate surface area is 112 Å². The number of allylic oxidation sites excluding steroid dienone is 6. The topological polar surface area (TPSA) is 52.6 Å². The van der Waals surface area contributed by atoms with Crippen LogP contribution in [0.5, 0.6) is 0 Å². The third-order valence-corrected chi connectivity index (χ3v) is 3.90. The molecule has 0 aromatic heterocycles. The number of hydrogen-bond donors (Lipinski definition) is 0. The van der Waals surface area contributed by atoms with E-state index in [1.165, 1.54) is 14.2 Å². The molecule has 0 aromatic rings. The summed E-state index contributed by atoms with van der Waals surface area (Å²) in [6.45, 7) is 0. The second-order valence-electron chi connectivity index (χ2n) is 4.83. The maximum atomic E-state index is 12.3. The van der Waals surface area contributed by atoms with Gasteiger partial charge in [0.25, 0.3) is 0 Å². The lowest BCUT2D eigenvalue weighted by Crippen LogP contribution is -2.46. The number of fused-ring (bicyclic) bond motifs is 2. The highest BCUT2D eigenvalue weighted by molar-refractivity contribution is 6.00. The summed E-state index contributed by atoms with van der Waals surface area (Å²) < 4.78 is 9.77. The molecule has 0 saturated heterocycles. The van der Waals surface area contributed by atoms with Crippen LogP contribution in [0.1, 0.15) is 19.3 Å². The molecule has 1 atom stereocenters. The second kappa shape index (κ2) is 5.43. The van der Waals surface area contributed by atoms with Gasteiger partial charge in [0.05, 0.1) is 14.2 Å². The molecule has 0 saturated carbocycles. The van der Waals surface area contributed by atoms with Crippen molar-refractivity contribution in [2.75, 3.05) is 14.2 Å².